The number of furan rings is 1. The van der Waals surface area contributed by atoms with Crippen molar-refractivity contribution in [1.29, 1.82) is 5.41 Å². The van der Waals surface area contributed by atoms with Crippen LogP contribution in [-0.4, -0.2) is 28.9 Å². The van der Waals surface area contributed by atoms with Crippen molar-refractivity contribution < 1.29 is 23.7 Å². The molecule has 162 valence electrons. The Labute approximate surface area is 183 Å². The molecule has 1 atom stereocenters. The van der Waals surface area contributed by atoms with E-state index < -0.39 is 0 Å². The lowest BCUT2D eigenvalue weighted by molar-refractivity contribution is 0.354. The molecule has 3 heterocycles. The zero-order chi connectivity index (χ0) is 22.2. The van der Waals surface area contributed by atoms with Gasteiger partial charge in [0.2, 0.25) is 5.88 Å². The zero-order valence-electron chi connectivity index (χ0n) is 17.5. The van der Waals surface area contributed by atoms with Gasteiger partial charge in [0.25, 0.3) is 0 Å². The van der Waals surface area contributed by atoms with Gasteiger partial charge in [0.05, 0.1) is 32.6 Å². The molecule has 0 amide bonds. The quantitative estimate of drug-likeness (QED) is 0.436. The van der Waals surface area contributed by atoms with Crippen molar-refractivity contribution in [3.8, 4) is 28.9 Å². The van der Waals surface area contributed by atoms with E-state index in [0.29, 0.717) is 35.2 Å². The molecule has 8 nitrogen and oxygen atoms in total. The largest absolute Gasteiger partial charge is 0.508 e. The summed E-state index contributed by atoms with van der Waals surface area (Å²) in [6.07, 6.45) is 3.16. The van der Waals surface area contributed by atoms with E-state index in [9.17, 15) is 5.11 Å². The molecule has 0 saturated carbocycles. The number of fused-ring (bicyclic) bond motifs is 2. The van der Waals surface area contributed by atoms with Gasteiger partial charge >= 0.3 is 0 Å². The first kappa shape index (κ1) is 19.7. The van der Waals surface area contributed by atoms with E-state index in [1.165, 1.54) is 0 Å². The van der Waals surface area contributed by atoms with Crippen LogP contribution in [0.3, 0.4) is 0 Å². The van der Waals surface area contributed by atoms with Crippen molar-refractivity contribution >= 4 is 0 Å². The van der Waals surface area contributed by atoms with Gasteiger partial charge in [-0.05, 0) is 35.9 Å². The smallest absolute Gasteiger partial charge is 0.228 e. The summed E-state index contributed by atoms with van der Waals surface area (Å²) in [7, 11) is 3.17. The Morgan fingerprint density at radius 2 is 1.94 bits per heavy atom. The number of methoxy groups -OCH3 is 2. The Hall–Kier alpha value is -4.20. The summed E-state index contributed by atoms with van der Waals surface area (Å²) in [6, 6.07) is 14.3. The van der Waals surface area contributed by atoms with Crippen molar-refractivity contribution in [1.82, 2.24) is 9.55 Å². The molecule has 0 saturated heterocycles. The fraction of sp³-hybridized carbons (Fsp3) is 0.167. The van der Waals surface area contributed by atoms with Crippen LogP contribution in [-0.2, 0) is 6.54 Å². The minimum atomic E-state index is -0.363. The van der Waals surface area contributed by atoms with E-state index >= 15 is 0 Å². The van der Waals surface area contributed by atoms with E-state index in [-0.39, 0.29) is 17.2 Å². The summed E-state index contributed by atoms with van der Waals surface area (Å²) >= 11 is 0. The minimum Gasteiger partial charge on any atom is -0.508 e. The van der Waals surface area contributed by atoms with Crippen molar-refractivity contribution in [2.75, 3.05) is 14.2 Å². The second-order valence-electron chi connectivity index (χ2n) is 7.39. The highest BCUT2D eigenvalue weighted by Crippen LogP contribution is 2.47. The third-order valence-corrected chi connectivity index (χ3v) is 5.54. The van der Waals surface area contributed by atoms with Crippen LogP contribution < -0.4 is 19.7 Å². The topological polar surface area (TPSA) is 103 Å². The maximum atomic E-state index is 10.00. The molecule has 0 aliphatic carbocycles. The summed E-state index contributed by atoms with van der Waals surface area (Å²) < 4.78 is 24.1. The highest BCUT2D eigenvalue weighted by molar-refractivity contribution is 5.59. The van der Waals surface area contributed by atoms with Crippen LogP contribution in [0.1, 0.15) is 28.4 Å². The van der Waals surface area contributed by atoms with Crippen LogP contribution in [0.4, 0.5) is 0 Å². The van der Waals surface area contributed by atoms with Crippen molar-refractivity contribution in [2.45, 2.75) is 12.5 Å². The molecule has 2 aromatic heterocycles. The molecule has 5 rings (SSSR count). The molecule has 2 aromatic carbocycles. The Morgan fingerprint density at radius 3 is 2.69 bits per heavy atom. The van der Waals surface area contributed by atoms with Gasteiger partial charge in [-0.3, -0.25) is 5.41 Å². The second-order valence-corrected chi connectivity index (χ2v) is 7.39. The zero-order valence-corrected chi connectivity index (χ0v) is 17.5. The fourth-order valence-corrected chi connectivity index (χ4v) is 4.03. The molecule has 1 aliphatic rings. The first-order valence-electron chi connectivity index (χ1n) is 9.98. The first-order valence-corrected chi connectivity index (χ1v) is 9.98. The lowest BCUT2D eigenvalue weighted by atomic mass is 9.83. The molecule has 0 bridgehead atoms. The minimum absolute atomic E-state index is 0.0909. The normalized spacial score (nSPS) is 14.2. The summed E-state index contributed by atoms with van der Waals surface area (Å²) in [5.41, 5.74) is 2.56. The number of hydrogen-bond acceptors (Lipinski definition) is 7. The lowest BCUT2D eigenvalue weighted by Crippen LogP contribution is -2.30. The van der Waals surface area contributed by atoms with E-state index in [0.717, 1.165) is 16.9 Å². The summed E-state index contributed by atoms with van der Waals surface area (Å²) in [6.45, 7) is 0.368. The van der Waals surface area contributed by atoms with Crippen LogP contribution >= 0.6 is 0 Å². The standard InChI is InChI=1S/C24H21N3O5/c1-29-18-8-5-14(10-20(18)30-2)21-17-7-6-15(28)11-19(17)32-24-22(21)23(25)27(13-26-24)12-16-4-3-9-31-16/h3-11,13,21,25,28H,12H2,1-2H3/t21-/m1/s1. The number of phenols is 1. The monoisotopic (exact) mass is 431 g/mol. The maximum absolute atomic E-state index is 10.00. The van der Waals surface area contributed by atoms with Crippen molar-refractivity contribution in [3.05, 3.63) is 89.1 Å². The first-order chi connectivity index (χ1) is 15.6. The number of ether oxygens (including phenoxy) is 3. The third kappa shape index (κ3) is 3.26. The van der Waals surface area contributed by atoms with Gasteiger partial charge in [-0.15, -0.1) is 0 Å². The molecule has 0 fully saturated rings. The van der Waals surface area contributed by atoms with Crippen LogP contribution in [0.5, 0.6) is 28.9 Å². The average Bonchev–Trinajstić information content (AvgIpc) is 3.32. The number of hydrogen-bond donors (Lipinski definition) is 2. The fourth-order valence-electron chi connectivity index (χ4n) is 4.03. The van der Waals surface area contributed by atoms with Crippen molar-refractivity contribution in [2.24, 2.45) is 0 Å². The van der Waals surface area contributed by atoms with Crippen LogP contribution in [0.2, 0.25) is 0 Å². The predicted octanol–water partition coefficient (Wildman–Crippen LogP) is 4.01. The Balaban J connectivity index is 1.71. The van der Waals surface area contributed by atoms with Crippen LogP contribution in [0.15, 0.2) is 65.5 Å². The van der Waals surface area contributed by atoms with Gasteiger partial charge in [-0.25, -0.2) is 4.98 Å². The predicted molar refractivity (Wildman–Crippen MR) is 115 cm³/mol. The number of aromatic hydroxyl groups is 1. The summed E-state index contributed by atoms with van der Waals surface area (Å²) in [4.78, 5) is 4.48. The number of rotatable bonds is 5. The van der Waals surface area contributed by atoms with E-state index in [1.807, 2.05) is 30.3 Å². The Kier molecular flexibility index (Phi) is 4.82. The van der Waals surface area contributed by atoms with Gasteiger partial charge in [0, 0.05) is 17.5 Å². The summed E-state index contributed by atoms with van der Waals surface area (Å²) in [5, 5.41) is 19.0. The molecular formula is C24H21N3O5. The molecule has 0 spiro atoms. The highest BCUT2D eigenvalue weighted by Gasteiger charge is 2.33. The number of benzene rings is 2. The van der Waals surface area contributed by atoms with Crippen molar-refractivity contribution in [3.63, 3.8) is 0 Å². The number of nitrogens with one attached hydrogen (secondary N) is 1. The summed E-state index contributed by atoms with van der Waals surface area (Å²) in [5.74, 6) is 2.45. The number of nitrogens with zero attached hydrogens (tertiary/aromatic N) is 2. The molecule has 0 unspecified atom stereocenters. The van der Waals surface area contributed by atoms with Gasteiger partial charge in [-0.2, -0.15) is 0 Å². The molecule has 1 aliphatic heterocycles. The molecule has 8 heteroatoms. The van der Waals surface area contributed by atoms with Gasteiger partial charge < -0.3 is 28.3 Å². The van der Waals surface area contributed by atoms with Crippen LogP contribution in [0.25, 0.3) is 0 Å². The maximum Gasteiger partial charge on any atom is 0.228 e. The molecule has 4 aromatic rings. The molecule has 32 heavy (non-hydrogen) atoms. The molecule has 0 radical (unpaired) electrons. The van der Waals surface area contributed by atoms with E-state index in [4.69, 9.17) is 24.0 Å². The molecular weight excluding hydrogens is 410 g/mol. The lowest BCUT2D eigenvalue weighted by Gasteiger charge is -2.29. The number of phenolic OH excluding ortho intramolecular Hbond substituents is 1. The molecule has 2 N–H and O–H groups in total. The van der Waals surface area contributed by atoms with Gasteiger partial charge in [0.1, 0.15) is 29.1 Å². The van der Waals surface area contributed by atoms with Gasteiger partial charge in [-0.1, -0.05) is 12.1 Å². The third-order valence-electron chi connectivity index (χ3n) is 5.54. The Morgan fingerprint density at radius 1 is 1.09 bits per heavy atom. The second kappa shape index (κ2) is 7.81. The van der Waals surface area contributed by atoms with E-state index in [2.05, 4.69) is 4.98 Å². The highest BCUT2D eigenvalue weighted by atomic mass is 16.5. The number of aromatic nitrogens is 2. The Bertz CT molecular complexity index is 1340. The SMILES string of the molecule is COc1ccc([C@@H]2c3ccc(O)cc3Oc3ncn(Cc4ccco4)c(=N)c32)cc1OC. The average molecular weight is 431 g/mol. The van der Waals surface area contributed by atoms with Crippen LogP contribution in [0, 0.1) is 5.41 Å². The van der Waals surface area contributed by atoms with E-state index in [1.54, 1.807) is 49.6 Å². The van der Waals surface area contributed by atoms with Gasteiger partial charge in [0.15, 0.2) is 11.5 Å².